The van der Waals surface area contributed by atoms with Gasteiger partial charge in [0.25, 0.3) is 5.91 Å². The first-order chi connectivity index (χ1) is 14.5. The lowest BCUT2D eigenvalue weighted by atomic mass is 10.1. The Labute approximate surface area is 183 Å². The summed E-state index contributed by atoms with van der Waals surface area (Å²) < 4.78 is 13.3. The van der Waals surface area contributed by atoms with Crippen molar-refractivity contribution in [1.82, 2.24) is 4.90 Å². The fourth-order valence-corrected chi connectivity index (χ4v) is 4.63. The molecule has 0 bridgehead atoms. The molecular weight excluding hydrogens is 423 g/mol. The van der Waals surface area contributed by atoms with E-state index in [1.807, 2.05) is 47.4 Å². The van der Waals surface area contributed by atoms with Gasteiger partial charge >= 0.3 is 0 Å². The van der Waals surface area contributed by atoms with Crippen LogP contribution in [0.15, 0.2) is 72.8 Å². The molecule has 4 rings (SSSR count). The summed E-state index contributed by atoms with van der Waals surface area (Å²) in [7, 11) is 0. The Morgan fingerprint density at radius 1 is 1.10 bits per heavy atom. The molecule has 0 saturated carbocycles. The zero-order valence-corrected chi connectivity index (χ0v) is 17.4. The second kappa shape index (κ2) is 8.90. The second-order valence-electron chi connectivity index (χ2n) is 6.88. The van der Waals surface area contributed by atoms with E-state index in [4.69, 9.17) is 11.6 Å². The average Bonchev–Trinajstić information content (AvgIpc) is 3.12. The molecule has 3 aromatic rings. The Hall–Kier alpha value is -2.83. The van der Waals surface area contributed by atoms with Crippen LogP contribution >= 0.6 is 23.4 Å². The van der Waals surface area contributed by atoms with Crippen molar-refractivity contribution in [2.45, 2.75) is 11.9 Å². The molecule has 0 radical (unpaired) electrons. The van der Waals surface area contributed by atoms with Crippen molar-refractivity contribution in [2.75, 3.05) is 11.1 Å². The number of halogens is 2. The van der Waals surface area contributed by atoms with E-state index in [2.05, 4.69) is 5.32 Å². The van der Waals surface area contributed by atoms with Crippen molar-refractivity contribution < 1.29 is 14.0 Å². The lowest BCUT2D eigenvalue weighted by Gasteiger charge is -2.24. The van der Waals surface area contributed by atoms with Gasteiger partial charge in [-0.3, -0.25) is 9.59 Å². The minimum absolute atomic E-state index is 0.0513. The van der Waals surface area contributed by atoms with E-state index in [1.54, 1.807) is 23.9 Å². The maximum absolute atomic E-state index is 13.3. The SMILES string of the molecule is O=C(Nc1ccc(F)c(Cl)c1)c1ccc(C2SCC(=O)N2Cc2ccccc2)cc1. The first-order valence-corrected chi connectivity index (χ1v) is 10.8. The molecule has 1 fully saturated rings. The first-order valence-electron chi connectivity index (χ1n) is 9.32. The van der Waals surface area contributed by atoms with Gasteiger partial charge in [0.05, 0.1) is 10.8 Å². The summed E-state index contributed by atoms with van der Waals surface area (Å²) in [5.41, 5.74) is 2.92. The van der Waals surface area contributed by atoms with Crippen LogP contribution in [0, 0.1) is 5.82 Å². The van der Waals surface area contributed by atoms with Gasteiger partial charge in [0, 0.05) is 17.8 Å². The Balaban J connectivity index is 1.47. The number of anilines is 1. The minimum Gasteiger partial charge on any atom is -0.322 e. The van der Waals surface area contributed by atoms with Crippen LogP contribution in [-0.2, 0) is 11.3 Å². The summed E-state index contributed by atoms with van der Waals surface area (Å²) in [6.07, 6.45) is 0. The number of nitrogens with zero attached hydrogens (tertiary/aromatic N) is 1. The maximum atomic E-state index is 13.3. The van der Waals surface area contributed by atoms with Crippen molar-refractivity contribution >= 4 is 40.9 Å². The largest absolute Gasteiger partial charge is 0.322 e. The number of rotatable bonds is 5. The number of amides is 2. The fraction of sp³-hybridized carbons (Fsp3) is 0.130. The van der Waals surface area contributed by atoms with Crippen LogP contribution in [0.25, 0.3) is 0 Å². The van der Waals surface area contributed by atoms with Crippen LogP contribution < -0.4 is 5.32 Å². The molecule has 4 nitrogen and oxygen atoms in total. The standard InChI is InChI=1S/C23H18ClFN2O2S/c24-19-12-18(10-11-20(19)25)26-22(29)16-6-8-17(9-7-16)23-27(21(28)14-30-23)13-15-4-2-1-3-5-15/h1-12,23H,13-14H2,(H,26,29). The molecule has 3 aromatic carbocycles. The zero-order valence-electron chi connectivity index (χ0n) is 15.8. The molecule has 1 saturated heterocycles. The predicted molar refractivity (Wildman–Crippen MR) is 118 cm³/mol. The molecule has 30 heavy (non-hydrogen) atoms. The average molecular weight is 441 g/mol. The van der Waals surface area contributed by atoms with Crippen molar-refractivity contribution in [2.24, 2.45) is 0 Å². The lowest BCUT2D eigenvalue weighted by molar-refractivity contribution is -0.128. The molecule has 1 aliphatic rings. The molecule has 1 atom stereocenters. The summed E-state index contributed by atoms with van der Waals surface area (Å²) in [4.78, 5) is 26.7. The van der Waals surface area contributed by atoms with Crippen molar-refractivity contribution in [3.8, 4) is 0 Å². The van der Waals surface area contributed by atoms with Gasteiger partial charge in [-0.1, -0.05) is 54.1 Å². The van der Waals surface area contributed by atoms with Gasteiger partial charge in [0.1, 0.15) is 11.2 Å². The van der Waals surface area contributed by atoms with Gasteiger partial charge < -0.3 is 10.2 Å². The number of hydrogen-bond donors (Lipinski definition) is 1. The van der Waals surface area contributed by atoms with Gasteiger partial charge in [0.15, 0.2) is 0 Å². The van der Waals surface area contributed by atoms with Crippen LogP contribution in [0.1, 0.15) is 26.9 Å². The lowest BCUT2D eigenvalue weighted by Crippen LogP contribution is -2.27. The third-order valence-corrected chi connectivity index (χ3v) is 6.34. The maximum Gasteiger partial charge on any atom is 0.255 e. The van der Waals surface area contributed by atoms with E-state index in [-0.39, 0.29) is 22.2 Å². The topological polar surface area (TPSA) is 49.4 Å². The van der Waals surface area contributed by atoms with E-state index in [0.29, 0.717) is 23.5 Å². The second-order valence-corrected chi connectivity index (χ2v) is 8.35. The molecule has 0 aliphatic carbocycles. The predicted octanol–water partition coefficient (Wildman–Crippen LogP) is 5.51. The van der Waals surface area contributed by atoms with Crippen molar-refractivity contribution in [3.05, 3.63) is 100 Å². The van der Waals surface area contributed by atoms with E-state index < -0.39 is 5.82 Å². The van der Waals surface area contributed by atoms with Crippen LogP contribution in [-0.4, -0.2) is 22.5 Å². The highest BCUT2D eigenvalue weighted by molar-refractivity contribution is 8.00. The number of benzene rings is 3. The molecule has 1 aliphatic heterocycles. The molecule has 1 heterocycles. The highest BCUT2D eigenvalue weighted by Crippen LogP contribution is 2.39. The molecule has 1 unspecified atom stereocenters. The van der Waals surface area contributed by atoms with Gasteiger partial charge in [-0.05, 0) is 41.5 Å². The first kappa shape index (κ1) is 20.4. The fourth-order valence-electron chi connectivity index (χ4n) is 3.26. The molecule has 1 N–H and O–H groups in total. The van der Waals surface area contributed by atoms with Crippen LogP contribution in [0.2, 0.25) is 5.02 Å². The third-order valence-electron chi connectivity index (χ3n) is 4.80. The van der Waals surface area contributed by atoms with Crippen molar-refractivity contribution in [1.29, 1.82) is 0 Å². The van der Waals surface area contributed by atoms with Gasteiger partial charge in [-0.25, -0.2) is 4.39 Å². The molecule has 2 amide bonds. The Bertz CT molecular complexity index is 1080. The molecule has 7 heteroatoms. The van der Waals surface area contributed by atoms with E-state index in [9.17, 15) is 14.0 Å². The van der Waals surface area contributed by atoms with E-state index in [1.165, 1.54) is 18.2 Å². The van der Waals surface area contributed by atoms with Gasteiger partial charge in [-0.15, -0.1) is 11.8 Å². The summed E-state index contributed by atoms with van der Waals surface area (Å²) in [5, 5.41) is 2.56. The molecule has 152 valence electrons. The molecule has 0 aromatic heterocycles. The highest BCUT2D eigenvalue weighted by atomic mass is 35.5. The number of nitrogens with one attached hydrogen (secondary N) is 1. The number of hydrogen-bond acceptors (Lipinski definition) is 3. The zero-order chi connectivity index (χ0) is 21.1. The van der Waals surface area contributed by atoms with Gasteiger partial charge in [-0.2, -0.15) is 0 Å². The van der Waals surface area contributed by atoms with E-state index >= 15 is 0 Å². The highest BCUT2D eigenvalue weighted by Gasteiger charge is 2.32. The summed E-state index contributed by atoms with van der Waals surface area (Å²) in [5.74, 6) is -0.322. The summed E-state index contributed by atoms with van der Waals surface area (Å²) >= 11 is 7.34. The normalized spacial score (nSPS) is 16.0. The van der Waals surface area contributed by atoms with E-state index in [0.717, 1.165) is 11.1 Å². The van der Waals surface area contributed by atoms with Crippen LogP contribution in [0.4, 0.5) is 10.1 Å². The van der Waals surface area contributed by atoms with Crippen LogP contribution in [0.3, 0.4) is 0 Å². The van der Waals surface area contributed by atoms with Crippen molar-refractivity contribution in [3.63, 3.8) is 0 Å². The van der Waals surface area contributed by atoms with Gasteiger partial charge in [0.2, 0.25) is 5.91 Å². The molecular formula is C23H18ClFN2O2S. The number of carbonyl (C=O) groups excluding carboxylic acids is 2. The monoisotopic (exact) mass is 440 g/mol. The molecule has 0 spiro atoms. The summed E-state index contributed by atoms with van der Waals surface area (Å²) in [6, 6.07) is 21.1. The summed E-state index contributed by atoms with van der Waals surface area (Å²) in [6.45, 7) is 0.547. The minimum atomic E-state index is -0.539. The Kier molecular flexibility index (Phi) is 6.06. The Morgan fingerprint density at radius 3 is 2.53 bits per heavy atom. The van der Waals surface area contributed by atoms with Crippen LogP contribution in [0.5, 0.6) is 0 Å². The quantitative estimate of drug-likeness (QED) is 0.569. The third kappa shape index (κ3) is 4.50. The number of thioether (sulfide) groups is 1. The Morgan fingerprint density at radius 2 is 1.83 bits per heavy atom. The smallest absolute Gasteiger partial charge is 0.255 e. The number of carbonyl (C=O) groups is 2.